The molecule has 1 fully saturated rings. The van der Waals surface area contributed by atoms with Crippen LogP contribution in [0.2, 0.25) is 0 Å². The predicted octanol–water partition coefficient (Wildman–Crippen LogP) is 2.76. The molecule has 0 aliphatic carbocycles. The van der Waals surface area contributed by atoms with E-state index in [2.05, 4.69) is 42.2 Å². The number of hydrogen-bond acceptors (Lipinski definition) is 1. The lowest BCUT2D eigenvalue weighted by atomic mass is 9.99. The highest BCUT2D eigenvalue weighted by Gasteiger charge is 2.23. The molecule has 0 N–H and O–H groups in total. The van der Waals surface area contributed by atoms with Gasteiger partial charge in [-0.3, -0.25) is 0 Å². The Bertz CT molecular complexity index is 260. The molecule has 0 aromatic heterocycles. The Morgan fingerprint density at radius 3 is 2.43 bits per heavy atom. The predicted molar refractivity (Wildman–Crippen MR) is 60.4 cm³/mol. The molecule has 1 saturated heterocycles. The second-order valence-corrected chi connectivity index (χ2v) is 4.44. The highest BCUT2D eigenvalue weighted by molar-refractivity contribution is 5.14. The smallest absolute Gasteiger partial charge is 0.148 e. The van der Waals surface area contributed by atoms with Gasteiger partial charge in [0.2, 0.25) is 0 Å². The highest BCUT2D eigenvalue weighted by atomic mass is 15.1. The molecule has 1 aromatic carbocycles. The van der Waals surface area contributed by atoms with Crippen LogP contribution in [0.15, 0.2) is 30.3 Å². The van der Waals surface area contributed by atoms with Crippen LogP contribution < -0.4 is 4.90 Å². The quantitative estimate of drug-likeness (QED) is 0.631. The SMILES string of the molecule is CC1CC[N+](Cc2ccccc2)CC1. The van der Waals surface area contributed by atoms with Gasteiger partial charge in [-0.15, -0.1) is 0 Å². The second kappa shape index (κ2) is 4.61. The topological polar surface area (TPSA) is 5.90 Å². The molecule has 2 rings (SSSR count). The zero-order valence-corrected chi connectivity index (χ0v) is 8.95. The van der Waals surface area contributed by atoms with E-state index in [1.165, 1.54) is 31.5 Å². The van der Waals surface area contributed by atoms with E-state index in [1.54, 1.807) is 0 Å². The van der Waals surface area contributed by atoms with Gasteiger partial charge in [0.25, 0.3) is 0 Å². The largest absolute Gasteiger partial charge is 0.166 e. The van der Waals surface area contributed by atoms with Gasteiger partial charge in [0, 0.05) is 18.4 Å². The molecule has 1 aliphatic rings. The van der Waals surface area contributed by atoms with Crippen molar-refractivity contribution in [2.45, 2.75) is 26.3 Å². The third kappa shape index (κ3) is 2.58. The van der Waals surface area contributed by atoms with Gasteiger partial charge in [-0.25, -0.2) is 0 Å². The summed E-state index contributed by atoms with van der Waals surface area (Å²) >= 11 is 0. The summed E-state index contributed by atoms with van der Waals surface area (Å²) in [5.41, 5.74) is 1.45. The average molecular weight is 189 g/mol. The molecule has 0 spiro atoms. The van der Waals surface area contributed by atoms with Crippen molar-refractivity contribution in [3.63, 3.8) is 0 Å². The van der Waals surface area contributed by atoms with Gasteiger partial charge in [-0.1, -0.05) is 37.3 Å². The van der Waals surface area contributed by atoms with Gasteiger partial charge in [-0.2, -0.15) is 4.90 Å². The zero-order valence-electron chi connectivity index (χ0n) is 8.95. The summed E-state index contributed by atoms with van der Waals surface area (Å²) in [6, 6.07) is 10.8. The van der Waals surface area contributed by atoms with Gasteiger partial charge < -0.3 is 0 Å². The monoisotopic (exact) mass is 189 g/mol. The second-order valence-electron chi connectivity index (χ2n) is 4.44. The minimum atomic E-state index is 0.932. The number of piperidine rings is 1. The van der Waals surface area contributed by atoms with Crippen molar-refractivity contribution in [1.29, 1.82) is 0 Å². The highest BCUT2D eigenvalue weighted by Crippen LogP contribution is 2.15. The van der Waals surface area contributed by atoms with Crippen molar-refractivity contribution in [3.05, 3.63) is 35.9 Å². The number of benzene rings is 1. The van der Waals surface area contributed by atoms with Crippen molar-refractivity contribution in [2.75, 3.05) is 13.1 Å². The maximum Gasteiger partial charge on any atom is 0.148 e. The molecule has 75 valence electrons. The van der Waals surface area contributed by atoms with E-state index >= 15 is 0 Å². The molecule has 0 atom stereocenters. The van der Waals surface area contributed by atoms with Crippen LogP contribution in [-0.4, -0.2) is 13.1 Å². The number of likely N-dealkylation sites (tertiary alicyclic amines) is 1. The molecule has 0 amide bonds. The Morgan fingerprint density at radius 1 is 1.14 bits per heavy atom. The fourth-order valence-corrected chi connectivity index (χ4v) is 2.06. The molecule has 1 nitrogen and oxygen atoms in total. The van der Waals surface area contributed by atoms with Gasteiger partial charge in [-0.05, 0) is 5.92 Å². The Balaban J connectivity index is 1.87. The van der Waals surface area contributed by atoms with E-state index < -0.39 is 0 Å². The van der Waals surface area contributed by atoms with E-state index in [1.807, 2.05) is 0 Å². The Morgan fingerprint density at radius 2 is 1.79 bits per heavy atom. The van der Waals surface area contributed by atoms with E-state index in [-0.39, 0.29) is 0 Å². The van der Waals surface area contributed by atoms with Crippen LogP contribution in [0.25, 0.3) is 0 Å². The van der Waals surface area contributed by atoms with Crippen LogP contribution in [-0.2, 0) is 6.54 Å². The fourth-order valence-electron chi connectivity index (χ4n) is 2.06. The lowest BCUT2D eigenvalue weighted by Gasteiger charge is -2.21. The molecule has 14 heavy (non-hydrogen) atoms. The van der Waals surface area contributed by atoms with E-state index in [0.29, 0.717) is 0 Å². The van der Waals surface area contributed by atoms with Crippen LogP contribution in [0.1, 0.15) is 25.3 Å². The number of rotatable bonds is 2. The van der Waals surface area contributed by atoms with E-state index in [9.17, 15) is 0 Å². The zero-order chi connectivity index (χ0) is 9.80. The molecule has 1 aliphatic heterocycles. The molecule has 0 bridgehead atoms. The Labute approximate surface area is 86.7 Å². The minimum absolute atomic E-state index is 0.932. The van der Waals surface area contributed by atoms with Crippen molar-refractivity contribution < 1.29 is 0 Å². The fraction of sp³-hybridized carbons (Fsp3) is 0.538. The summed E-state index contributed by atoms with van der Waals surface area (Å²) in [6.45, 7) is 6.04. The average Bonchev–Trinajstić information content (AvgIpc) is 2.23. The minimum Gasteiger partial charge on any atom is -0.166 e. The first-order valence-corrected chi connectivity index (χ1v) is 5.61. The molecule has 1 aromatic rings. The van der Waals surface area contributed by atoms with Gasteiger partial charge in [0.15, 0.2) is 0 Å². The van der Waals surface area contributed by atoms with Crippen LogP contribution in [0.5, 0.6) is 0 Å². The molecule has 1 radical (unpaired) electrons. The number of nitrogens with zero attached hydrogens (tertiary/aromatic N) is 1. The van der Waals surface area contributed by atoms with Gasteiger partial charge >= 0.3 is 0 Å². The summed E-state index contributed by atoms with van der Waals surface area (Å²) in [4.78, 5) is 2.56. The summed E-state index contributed by atoms with van der Waals surface area (Å²) in [5.74, 6) is 0.932. The molecular weight excluding hydrogens is 170 g/mol. The molecular formula is C13H19N+. The third-order valence-electron chi connectivity index (χ3n) is 3.13. The van der Waals surface area contributed by atoms with E-state index in [4.69, 9.17) is 0 Å². The van der Waals surface area contributed by atoms with Crippen molar-refractivity contribution >= 4 is 0 Å². The first kappa shape index (κ1) is 9.72. The lowest BCUT2D eigenvalue weighted by Crippen LogP contribution is -2.37. The van der Waals surface area contributed by atoms with Crippen molar-refractivity contribution in [2.24, 2.45) is 5.92 Å². The van der Waals surface area contributed by atoms with Crippen LogP contribution in [0.4, 0.5) is 0 Å². The Kier molecular flexibility index (Phi) is 3.20. The van der Waals surface area contributed by atoms with Gasteiger partial charge in [0.05, 0.1) is 0 Å². The Hall–Kier alpha value is -0.820. The summed E-state index contributed by atoms with van der Waals surface area (Å²) in [5, 5.41) is 0. The summed E-state index contributed by atoms with van der Waals surface area (Å²) in [6.07, 6.45) is 2.74. The summed E-state index contributed by atoms with van der Waals surface area (Å²) < 4.78 is 0. The van der Waals surface area contributed by atoms with E-state index in [0.717, 1.165) is 12.5 Å². The lowest BCUT2D eigenvalue weighted by molar-refractivity contribution is 0.280. The van der Waals surface area contributed by atoms with Crippen molar-refractivity contribution in [3.8, 4) is 0 Å². The first-order chi connectivity index (χ1) is 6.84. The standard InChI is InChI=1S/C13H19N/c1-12-7-9-14(10-8-12)11-13-5-3-2-4-6-13/h2-6,12H,7-11H2,1H3/q+1. The molecule has 1 heterocycles. The maximum absolute atomic E-state index is 2.56. The third-order valence-corrected chi connectivity index (χ3v) is 3.13. The van der Waals surface area contributed by atoms with Crippen molar-refractivity contribution in [1.82, 2.24) is 4.90 Å². The molecule has 0 unspecified atom stereocenters. The maximum atomic E-state index is 2.56. The van der Waals surface area contributed by atoms with Gasteiger partial charge in [0.1, 0.15) is 19.6 Å². The van der Waals surface area contributed by atoms with Crippen LogP contribution in [0.3, 0.4) is 0 Å². The molecule has 0 saturated carbocycles. The van der Waals surface area contributed by atoms with Crippen LogP contribution >= 0.6 is 0 Å². The first-order valence-electron chi connectivity index (χ1n) is 5.61. The normalized spacial score (nSPS) is 19.8. The van der Waals surface area contributed by atoms with Crippen LogP contribution in [0, 0.1) is 5.92 Å². The molecule has 1 heteroatoms. The summed E-state index contributed by atoms with van der Waals surface area (Å²) in [7, 11) is 0. The number of hydrogen-bond donors (Lipinski definition) is 0.